The SMILES string of the molecule is C[C@H]1CC[C@H]2C(CC[C@@H]3C2CC[C@@]2(C)C3CC[C@@H]2C(=O)CCn2cc(C#N)cn2)C1. The second kappa shape index (κ2) is 7.81. The van der Waals surface area contributed by atoms with Crippen molar-refractivity contribution in [1.82, 2.24) is 9.78 Å². The number of carbonyl (C=O) groups excluding carboxylic acids is 1. The molecule has 1 aromatic heterocycles. The Labute approximate surface area is 181 Å². The van der Waals surface area contributed by atoms with Crippen LogP contribution in [0.15, 0.2) is 12.4 Å². The van der Waals surface area contributed by atoms with Crippen LogP contribution in [0.1, 0.15) is 83.6 Å². The molecule has 0 bridgehead atoms. The molecule has 5 rings (SSSR count). The third-order valence-corrected chi connectivity index (χ3v) is 9.96. The maximum atomic E-state index is 13.3. The van der Waals surface area contributed by atoms with E-state index >= 15 is 0 Å². The first-order valence-corrected chi connectivity index (χ1v) is 12.4. The standard InChI is InChI=1S/C26H37N3O/c1-17-3-5-20-19(13-17)4-6-22-21(20)9-11-26(2)23(22)7-8-24(26)25(30)10-12-29-16-18(14-27)15-28-29/h15-17,19-24H,3-13H2,1-2H3/t17-,19?,20-,21?,22+,23?,24+,26-/m0/s1. The zero-order valence-corrected chi connectivity index (χ0v) is 18.7. The normalized spacial score (nSPS) is 42.6. The second-order valence-electron chi connectivity index (χ2n) is 11.3. The fourth-order valence-electron chi connectivity index (χ4n) is 8.56. The summed E-state index contributed by atoms with van der Waals surface area (Å²) in [6.45, 7) is 5.52. The maximum Gasteiger partial charge on any atom is 0.138 e. The van der Waals surface area contributed by atoms with Crippen LogP contribution in [-0.2, 0) is 11.3 Å². The van der Waals surface area contributed by atoms with E-state index in [4.69, 9.17) is 5.26 Å². The van der Waals surface area contributed by atoms with Crippen molar-refractivity contribution in [3.8, 4) is 6.07 Å². The monoisotopic (exact) mass is 407 g/mol. The van der Waals surface area contributed by atoms with E-state index in [0.717, 1.165) is 41.9 Å². The smallest absolute Gasteiger partial charge is 0.138 e. The zero-order valence-electron chi connectivity index (χ0n) is 18.7. The lowest BCUT2D eigenvalue weighted by atomic mass is 9.49. The number of rotatable bonds is 4. The van der Waals surface area contributed by atoms with E-state index in [1.54, 1.807) is 17.1 Å². The predicted octanol–water partition coefficient (Wildman–Crippen LogP) is 5.62. The van der Waals surface area contributed by atoms with Crippen LogP contribution in [0.4, 0.5) is 0 Å². The molecule has 4 heteroatoms. The molecule has 0 radical (unpaired) electrons. The van der Waals surface area contributed by atoms with Crippen molar-refractivity contribution in [2.45, 2.75) is 84.6 Å². The summed E-state index contributed by atoms with van der Waals surface area (Å²) in [6.07, 6.45) is 16.1. The summed E-state index contributed by atoms with van der Waals surface area (Å²) in [6, 6.07) is 2.11. The molecule has 0 N–H and O–H groups in total. The number of nitriles is 1. The molecule has 30 heavy (non-hydrogen) atoms. The number of carbonyl (C=O) groups is 1. The van der Waals surface area contributed by atoms with Crippen molar-refractivity contribution < 1.29 is 4.79 Å². The van der Waals surface area contributed by atoms with Crippen LogP contribution in [-0.4, -0.2) is 15.6 Å². The average Bonchev–Trinajstić information content (AvgIpc) is 3.35. The molecule has 0 aromatic carbocycles. The summed E-state index contributed by atoms with van der Waals surface area (Å²) >= 11 is 0. The summed E-state index contributed by atoms with van der Waals surface area (Å²) < 4.78 is 1.76. The lowest BCUT2D eigenvalue weighted by molar-refractivity contribution is -0.130. The minimum atomic E-state index is 0.217. The summed E-state index contributed by atoms with van der Waals surface area (Å²) in [7, 11) is 0. The Bertz CT molecular complexity index is 838. The van der Waals surface area contributed by atoms with Gasteiger partial charge >= 0.3 is 0 Å². The van der Waals surface area contributed by atoms with E-state index in [9.17, 15) is 4.79 Å². The molecule has 0 saturated heterocycles. The van der Waals surface area contributed by atoms with Crippen molar-refractivity contribution in [3.05, 3.63) is 18.0 Å². The lowest BCUT2D eigenvalue weighted by Crippen LogP contribution is -2.49. The molecular weight excluding hydrogens is 370 g/mol. The van der Waals surface area contributed by atoms with Gasteiger partial charge in [-0.1, -0.05) is 20.3 Å². The molecule has 0 spiro atoms. The number of hydrogen-bond donors (Lipinski definition) is 0. The Kier molecular flexibility index (Phi) is 5.28. The molecule has 8 atom stereocenters. The molecular formula is C26H37N3O. The lowest BCUT2D eigenvalue weighted by Gasteiger charge is -2.56. The van der Waals surface area contributed by atoms with Crippen LogP contribution >= 0.6 is 0 Å². The van der Waals surface area contributed by atoms with Crippen molar-refractivity contribution in [3.63, 3.8) is 0 Å². The van der Waals surface area contributed by atoms with Crippen LogP contribution in [0.3, 0.4) is 0 Å². The Balaban J connectivity index is 1.26. The van der Waals surface area contributed by atoms with Gasteiger partial charge in [0.05, 0.1) is 11.8 Å². The Morgan fingerprint density at radius 3 is 2.80 bits per heavy atom. The number of nitrogens with zero attached hydrogens (tertiary/aromatic N) is 3. The number of hydrogen-bond acceptors (Lipinski definition) is 3. The Morgan fingerprint density at radius 1 is 1.17 bits per heavy atom. The van der Waals surface area contributed by atoms with Gasteiger partial charge in [0.1, 0.15) is 11.9 Å². The highest BCUT2D eigenvalue weighted by Gasteiger charge is 2.58. The van der Waals surface area contributed by atoms with Gasteiger partial charge in [0.25, 0.3) is 0 Å². The molecule has 4 fully saturated rings. The second-order valence-corrected chi connectivity index (χ2v) is 11.3. The van der Waals surface area contributed by atoms with Crippen LogP contribution < -0.4 is 0 Å². The first-order chi connectivity index (χ1) is 14.5. The number of ketones is 1. The van der Waals surface area contributed by atoms with Gasteiger partial charge in [0, 0.05) is 25.1 Å². The van der Waals surface area contributed by atoms with E-state index in [1.165, 1.54) is 51.4 Å². The highest BCUT2D eigenvalue weighted by atomic mass is 16.1. The van der Waals surface area contributed by atoms with E-state index < -0.39 is 0 Å². The molecule has 0 aliphatic heterocycles. The summed E-state index contributed by atoms with van der Waals surface area (Å²) in [5.41, 5.74) is 0.788. The zero-order chi connectivity index (χ0) is 20.9. The molecule has 0 amide bonds. The third-order valence-electron chi connectivity index (χ3n) is 9.96. The molecule has 3 unspecified atom stereocenters. The minimum Gasteiger partial charge on any atom is -0.299 e. The van der Waals surface area contributed by atoms with Gasteiger partial charge in [-0.25, -0.2) is 0 Å². The van der Waals surface area contributed by atoms with Crippen molar-refractivity contribution >= 4 is 5.78 Å². The third kappa shape index (κ3) is 3.33. The van der Waals surface area contributed by atoms with E-state index in [0.29, 0.717) is 24.3 Å². The van der Waals surface area contributed by atoms with Gasteiger partial charge in [-0.15, -0.1) is 0 Å². The summed E-state index contributed by atoms with van der Waals surface area (Å²) in [4.78, 5) is 13.3. The van der Waals surface area contributed by atoms with Crippen molar-refractivity contribution in [1.29, 1.82) is 5.26 Å². The number of aryl methyl sites for hydroxylation is 1. The van der Waals surface area contributed by atoms with Crippen LogP contribution in [0, 0.1) is 58.2 Å². The molecule has 4 nitrogen and oxygen atoms in total. The van der Waals surface area contributed by atoms with E-state index in [1.807, 2.05) is 0 Å². The molecule has 162 valence electrons. The molecule has 4 saturated carbocycles. The number of fused-ring (bicyclic) bond motifs is 5. The van der Waals surface area contributed by atoms with Crippen molar-refractivity contribution in [2.24, 2.45) is 46.8 Å². The summed E-state index contributed by atoms with van der Waals surface area (Å²) in [5.74, 6) is 6.16. The van der Waals surface area contributed by atoms with Crippen LogP contribution in [0.2, 0.25) is 0 Å². The van der Waals surface area contributed by atoms with Crippen molar-refractivity contribution in [2.75, 3.05) is 0 Å². The van der Waals surface area contributed by atoms with Crippen LogP contribution in [0.25, 0.3) is 0 Å². The number of Topliss-reactive ketones (excluding diaryl/α,β-unsaturated/α-hetero) is 1. The maximum absolute atomic E-state index is 13.3. The first-order valence-electron chi connectivity index (χ1n) is 12.4. The average molecular weight is 408 g/mol. The quantitative estimate of drug-likeness (QED) is 0.651. The molecule has 4 aliphatic rings. The fraction of sp³-hybridized carbons (Fsp3) is 0.808. The topological polar surface area (TPSA) is 58.7 Å². The predicted molar refractivity (Wildman–Crippen MR) is 116 cm³/mol. The molecule has 1 aromatic rings. The van der Waals surface area contributed by atoms with E-state index in [-0.39, 0.29) is 11.3 Å². The largest absolute Gasteiger partial charge is 0.299 e. The van der Waals surface area contributed by atoms with Gasteiger partial charge in [-0.2, -0.15) is 10.4 Å². The Hall–Kier alpha value is -1.63. The summed E-state index contributed by atoms with van der Waals surface area (Å²) in [5, 5.41) is 13.2. The highest BCUT2D eigenvalue weighted by molar-refractivity contribution is 5.82. The minimum absolute atomic E-state index is 0.217. The van der Waals surface area contributed by atoms with Gasteiger partial charge in [0.15, 0.2) is 0 Å². The van der Waals surface area contributed by atoms with Gasteiger partial charge < -0.3 is 0 Å². The van der Waals surface area contributed by atoms with E-state index in [2.05, 4.69) is 25.0 Å². The molecule has 4 aliphatic carbocycles. The fourth-order valence-corrected chi connectivity index (χ4v) is 8.56. The van der Waals surface area contributed by atoms with Crippen LogP contribution in [0.5, 0.6) is 0 Å². The van der Waals surface area contributed by atoms with Gasteiger partial charge in [0.2, 0.25) is 0 Å². The van der Waals surface area contributed by atoms with Gasteiger partial charge in [-0.3, -0.25) is 9.48 Å². The number of aromatic nitrogens is 2. The Morgan fingerprint density at radius 2 is 2.00 bits per heavy atom. The molecule has 1 heterocycles. The first kappa shape index (κ1) is 20.3. The highest BCUT2D eigenvalue weighted by Crippen LogP contribution is 2.64. The van der Waals surface area contributed by atoms with Gasteiger partial charge in [-0.05, 0) is 92.3 Å².